The summed E-state index contributed by atoms with van der Waals surface area (Å²) in [5.74, 6) is -0.0348. The summed E-state index contributed by atoms with van der Waals surface area (Å²) < 4.78 is 0. The van der Waals surface area contributed by atoms with Crippen molar-refractivity contribution in [3.05, 3.63) is 35.4 Å². The van der Waals surface area contributed by atoms with E-state index in [0.717, 1.165) is 31.4 Å². The van der Waals surface area contributed by atoms with Crippen LogP contribution in [-0.4, -0.2) is 23.7 Å². The van der Waals surface area contributed by atoms with Crippen molar-refractivity contribution in [1.29, 1.82) is 0 Å². The van der Waals surface area contributed by atoms with Crippen molar-refractivity contribution in [2.45, 2.75) is 31.9 Å². The Kier molecular flexibility index (Phi) is 4.33. The molecule has 4 heteroatoms. The number of hydrogen-bond acceptors (Lipinski definition) is 3. The zero-order chi connectivity index (χ0) is 13.0. The number of aliphatic hydroxyl groups excluding tert-OH is 1. The molecule has 4 nitrogen and oxygen atoms in total. The Balaban J connectivity index is 1.83. The van der Waals surface area contributed by atoms with Crippen LogP contribution in [0.15, 0.2) is 24.3 Å². The van der Waals surface area contributed by atoms with Crippen LogP contribution in [0.3, 0.4) is 0 Å². The summed E-state index contributed by atoms with van der Waals surface area (Å²) in [7, 11) is 0. The van der Waals surface area contributed by atoms with Crippen LogP contribution in [0, 0.1) is 5.92 Å². The molecule has 2 unspecified atom stereocenters. The highest BCUT2D eigenvalue weighted by molar-refractivity contribution is 5.92. The first kappa shape index (κ1) is 13.1. The van der Waals surface area contributed by atoms with Crippen LogP contribution in [0.25, 0.3) is 0 Å². The molecular formula is C14H20N2O2. The summed E-state index contributed by atoms with van der Waals surface area (Å²) in [6.07, 6.45) is 2.97. The van der Waals surface area contributed by atoms with Gasteiger partial charge in [0.05, 0.1) is 6.10 Å². The van der Waals surface area contributed by atoms with Crippen molar-refractivity contribution in [2.75, 3.05) is 6.54 Å². The van der Waals surface area contributed by atoms with E-state index >= 15 is 0 Å². The molecule has 2 atom stereocenters. The Hall–Kier alpha value is -1.39. The molecule has 1 aliphatic rings. The fraction of sp³-hybridized carbons (Fsp3) is 0.500. The molecule has 1 amide bonds. The number of benzene rings is 1. The molecule has 0 spiro atoms. The van der Waals surface area contributed by atoms with Gasteiger partial charge in [0, 0.05) is 18.7 Å². The molecule has 4 N–H and O–H groups in total. The summed E-state index contributed by atoms with van der Waals surface area (Å²) in [5.41, 5.74) is 6.81. The second-order valence-electron chi connectivity index (χ2n) is 4.95. The van der Waals surface area contributed by atoms with Gasteiger partial charge in [0.15, 0.2) is 0 Å². The zero-order valence-corrected chi connectivity index (χ0v) is 10.4. The molecule has 0 aliphatic heterocycles. The van der Waals surface area contributed by atoms with Crippen LogP contribution in [0.1, 0.15) is 35.2 Å². The maximum atomic E-state index is 11.0. The van der Waals surface area contributed by atoms with E-state index in [9.17, 15) is 9.90 Å². The van der Waals surface area contributed by atoms with Crippen molar-refractivity contribution in [3.63, 3.8) is 0 Å². The van der Waals surface area contributed by atoms with Gasteiger partial charge in [-0.2, -0.15) is 0 Å². The van der Waals surface area contributed by atoms with Gasteiger partial charge >= 0.3 is 0 Å². The number of rotatable bonds is 5. The van der Waals surface area contributed by atoms with Gasteiger partial charge in [-0.1, -0.05) is 18.6 Å². The van der Waals surface area contributed by atoms with Crippen LogP contribution >= 0.6 is 0 Å². The topological polar surface area (TPSA) is 75.4 Å². The number of carbonyl (C=O) groups is 1. The smallest absolute Gasteiger partial charge is 0.248 e. The van der Waals surface area contributed by atoms with E-state index < -0.39 is 5.91 Å². The predicted octanol–water partition coefficient (Wildman–Crippen LogP) is 1.04. The number of primary amides is 1. The number of carbonyl (C=O) groups excluding carboxylic acids is 1. The standard InChI is InChI=1S/C14H20N2O2/c15-14(18)11-4-1-3-10(7-11)8-16-9-12-5-2-6-13(12)17/h1,3-4,7,12-13,16-17H,2,5-6,8-9H2,(H2,15,18). The first-order valence-corrected chi connectivity index (χ1v) is 6.44. The molecule has 2 rings (SSSR count). The van der Waals surface area contributed by atoms with Crippen LogP contribution in [-0.2, 0) is 6.54 Å². The highest BCUT2D eigenvalue weighted by Crippen LogP contribution is 2.24. The van der Waals surface area contributed by atoms with Gasteiger partial charge in [-0.25, -0.2) is 0 Å². The average molecular weight is 248 g/mol. The molecule has 0 bridgehead atoms. The summed E-state index contributed by atoms with van der Waals surface area (Å²) in [6.45, 7) is 1.52. The summed E-state index contributed by atoms with van der Waals surface area (Å²) in [4.78, 5) is 11.0. The average Bonchev–Trinajstić information content (AvgIpc) is 2.76. The number of aliphatic hydroxyl groups is 1. The normalized spacial score (nSPS) is 23.2. The van der Waals surface area contributed by atoms with Gasteiger partial charge in [-0.05, 0) is 36.5 Å². The molecule has 0 saturated heterocycles. The SMILES string of the molecule is NC(=O)c1cccc(CNCC2CCCC2O)c1. The van der Waals surface area contributed by atoms with Crippen molar-refractivity contribution in [2.24, 2.45) is 11.7 Å². The second-order valence-corrected chi connectivity index (χ2v) is 4.95. The van der Waals surface area contributed by atoms with Crippen molar-refractivity contribution in [3.8, 4) is 0 Å². The van der Waals surface area contributed by atoms with Crippen LogP contribution in [0.5, 0.6) is 0 Å². The minimum atomic E-state index is -0.400. The van der Waals surface area contributed by atoms with Gasteiger partial charge in [-0.15, -0.1) is 0 Å². The number of nitrogens with two attached hydrogens (primary N) is 1. The highest BCUT2D eigenvalue weighted by atomic mass is 16.3. The van der Waals surface area contributed by atoms with Crippen molar-refractivity contribution >= 4 is 5.91 Å². The third-order valence-electron chi connectivity index (χ3n) is 3.57. The van der Waals surface area contributed by atoms with Gasteiger partial charge in [0.1, 0.15) is 0 Å². The van der Waals surface area contributed by atoms with Crippen LogP contribution in [0.2, 0.25) is 0 Å². The molecule has 0 radical (unpaired) electrons. The molecule has 1 aromatic rings. The van der Waals surface area contributed by atoms with Gasteiger partial charge < -0.3 is 16.2 Å². The van der Waals surface area contributed by atoms with E-state index in [2.05, 4.69) is 5.32 Å². The Morgan fingerprint density at radius 1 is 1.44 bits per heavy atom. The summed E-state index contributed by atoms with van der Waals surface area (Å²) in [5, 5.41) is 13.0. The molecule has 98 valence electrons. The van der Waals surface area contributed by atoms with Gasteiger partial charge in [0.2, 0.25) is 5.91 Å². The second kappa shape index (κ2) is 5.98. The van der Waals surface area contributed by atoms with Crippen LogP contribution in [0.4, 0.5) is 0 Å². The third kappa shape index (κ3) is 3.31. The van der Waals surface area contributed by atoms with Gasteiger partial charge in [-0.3, -0.25) is 4.79 Å². The lowest BCUT2D eigenvalue weighted by Crippen LogP contribution is -2.27. The maximum absolute atomic E-state index is 11.0. The molecule has 0 heterocycles. The Morgan fingerprint density at radius 2 is 2.28 bits per heavy atom. The summed E-state index contributed by atoms with van der Waals surface area (Å²) >= 11 is 0. The maximum Gasteiger partial charge on any atom is 0.248 e. The quantitative estimate of drug-likeness (QED) is 0.728. The Morgan fingerprint density at radius 3 is 2.94 bits per heavy atom. The van der Waals surface area contributed by atoms with E-state index in [1.165, 1.54) is 0 Å². The monoisotopic (exact) mass is 248 g/mol. The molecule has 1 fully saturated rings. The third-order valence-corrected chi connectivity index (χ3v) is 3.57. The number of amides is 1. The fourth-order valence-corrected chi connectivity index (χ4v) is 2.49. The molecular weight excluding hydrogens is 228 g/mol. The first-order chi connectivity index (χ1) is 8.66. The summed E-state index contributed by atoms with van der Waals surface area (Å²) in [6, 6.07) is 7.32. The minimum absolute atomic E-state index is 0.158. The number of nitrogens with one attached hydrogen (secondary N) is 1. The molecule has 1 aromatic carbocycles. The molecule has 0 aromatic heterocycles. The van der Waals surface area contributed by atoms with Crippen molar-refractivity contribution in [1.82, 2.24) is 5.32 Å². The van der Waals surface area contributed by atoms with E-state index in [1.807, 2.05) is 12.1 Å². The zero-order valence-electron chi connectivity index (χ0n) is 10.4. The highest BCUT2D eigenvalue weighted by Gasteiger charge is 2.24. The predicted molar refractivity (Wildman–Crippen MR) is 70.0 cm³/mol. The molecule has 1 aliphatic carbocycles. The van der Waals surface area contributed by atoms with Crippen molar-refractivity contribution < 1.29 is 9.90 Å². The lowest BCUT2D eigenvalue weighted by Gasteiger charge is -2.15. The lowest BCUT2D eigenvalue weighted by molar-refractivity contribution is 0.1000. The van der Waals surface area contributed by atoms with Gasteiger partial charge in [0.25, 0.3) is 0 Å². The lowest BCUT2D eigenvalue weighted by atomic mass is 10.1. The Labute approximate surface area is 107 Å². The largest absolute Gasteiger partial charge is 0.393 e. The Bertz CT molecular complexity index is 420. The molecule has 1 saturated carbocycles. The van der Waals surface area contributed by atoms with E-state index in [1.54, 1.807) is 12.1 Å². The van der Waals surface area contributed by atoms with E-state index in [-0.39, 0.29) is 6.10 Å². The van der Waals surface area contributed by atoms with E-state index in [4.69, 9.17) is 5.73 Å². The minimum Gasteiger partial charge on any atom is -0.393 e. The van der Waals surface area contributed by atoms with Crippen LogP contribution < -0.4 is 11.1 Å². The van der Waals surface area contributed by atoms with E-state index in [0.29, 0.717) is 18.0 Å². The fourth-order valence-electron chi connectivity index (χ4n) is 2.49. The molecule has 18 heavy (non-hydrogen) atoms. The number of hydrogen-bond donors (Lipinski definition) is 3. The first-order valence-electron chi connectivity index (χ1n) is 6.44.